The van der Waals surface area contributed by atoms with Crippen molar-refractivity contribution in [2.24, 2.45) is 0 Å². The lowest BCUT2D eigenvalue weighted by atomic mass is 10.1. The number of anilines is 1. The van der Waals surface area contributed by atoms with Crippen molar-refractivity contribution in [2.75, 3.05) is 11.9 Å². The fraction of sp³-hybridized carbons (Fsp3) is 0.167. The molecule has 1 saturated heterocycles. The lowest BCUT2D eigenvalue weighted by Gasteiger charge is -2.25. The van der Waals surface area contributed by atoms with Crippen LogP contribution < -0.4 is 5.32 Å². The number of carbonyl (C=O) groups excluding carboxylic acids is 2. The molecule has 1 aliphatic heterocycles. The van der Waals surface area contributed by atoms with Gasteiger partial charge in [0.25, 0.3) is 5.91 Å². The van der Waals surface area contributed by atoms with Gasteiger partial charge in [0.15, 0.2) is 0 Å². The molecule has 1 unspecified atom stereocenters. The van der Waals surface area contributed by atoms with Gasteiger partial charge in [-0.3, -0.25) is 9.59 Å². The average Bonchev–Trinajstić information content (AvgIpc) is 3.81. The molecule has 3 heterocycles. The van der Waals surface area contributed by atoms with Crippen molar-refractivity contribution >= 4 is 51.6 Å². The van der Waals surface area contributed by atoms with Gasteiger partial charge in [-0.15, -0.1) is 5.10 Å². The van der Waals surface area contributed by atoms with Crippen LogP contribution in [-0.4, -0.2) is 48.9 Å². The number of hydrogen-bond donors (Lipinski definition) is 1. The zero-order chi connectivity index (χ0) is 31.6. The van der Waals surface area contributed by atoms with Crippen LogP contribution in [0.5, 0.6) is 0 Å². The van der Waals surface area contributed by atoms with Crippen LogP contribution in [-0.2, 0) is 17.9 Å². The lowest BCUT2D eigenvalue weighted by molar-refractivity contribution is -0.119. The molecule has 10 heteroatoms. The number of likely N-dealkylation sites (tertiary alicyclic amines) is 1. The highest BCUT2D eigenvalue weighted by atomic mass is 35.5. The zero-order valence-electron chi connectivity index (χ0n) is 24.8. The van der Waals surface area contributed by atoms with Crippen LogP contribution >= 0.6 is 23.2 Å². The van der Waals surface area contributed by atoms with Gasteiger partial charge in [-0.1, -0.05) is 95.1 Å². The Bertz CT molecular complexity index is 2030. The molecular weight excluding hydrogens is 619 g/mol. The first-order valence-corrected chi connectivity index (χ1v) is 15.9. The van der Waals surface area contributed by atoms with Crippen LogP contribution in [0, 0.1) is 0 Å². The topological polar surface area (TPSA) is 85.0 Å². The first-order chi connectivity index (χ1) is 22.4. The monoisotopic (exact) mass is 648 g/mol. The van der Waals surface area contributed by atoms with Crippen LogP contribution in [0.1, 0.15) is 34.5 Å². The van der Waals surface area contributed by atoms with Gasteiger partial charge in [-0.2, -0.15) is 0 Å². The number of benzene rings is 4. The summed E-state index contributed by atoms with van der Waals surface area (Å²) in [6, 6.07) is 32.6. The minimum absolute atomic E-state index is 0.191. The summed E-state index contributed by atoms with van der Waals surface area (Å²) in [6.45, 7) is 1.39. The molecule has 0 saturated carbocycles. The molecule has 0 spiro atoms. The molecule has 230 valence electrons. The maximum atomic E-state index is 13.9. The van der Waals surface area contributed by atoms with E-state index in [1.165, 1.54) is 0 Å². The summed E-state index contributed by atoms with van der Waals surface area (Å²) < 4.78 is 4.01. The molecule has 6 aromatic rings. The Hall–Kier alpha value is -4.92. The standard InChI is InChI=1S/C36H30Cl2N6O2/c37-27-18-28(38)20-29(19-27)39-35(45)33-15-8-16-43(33)36(46)31-13-6-4-12-26(31)21-42-22-30(40-41-42)23-44-32-14-7-5-11-25(32)17-34(44)24-9-2-1-3-10-24/h1-7,9-14,17-20,22,33H,8,15-16,21,23H2,(H,39,45). The average molecular weight is 650 g/mol. The molecule has 46 heavy (non-hydrogen) atoms. The second-order valence-electron chi connectivity index (χ2n) is 11.4. The lowest BCUT2D eigenvalue weighted by Crippen LogP contribution is -2.43. The van der Waals surface area contributed by atoms with Crippen molar-refractivity contribution in [2.45, 2.75) is 32.0 Å². The molecule has 0 aliphatic carbocycles. The molecule has 0 radical (unpaired) electrons. The van der Waals surface area contributed by atoms with E-state index in [4.69, 9.17) is 23.2 Å². The van der Waals surface area contributed by atoms with Crippen LogP contribution in [0.15, 0.2) is 109 Å². The molecule has 0 bridgehead atoms. The number of halogens is 2. The molecule has 4 aromatic carbocycles. The summed E-state index contributed by atoms with van der Waals surface area (Å²) in [6.07, 6.45) is 3.22. The Morgan fingerprint density at radius 3 is 2.41 bits per heavy atom. The van der Waals surface area contributed by atoms with E-state index in [-0.39, 0.29) is 11.8 Å². The Morgan fingerprint density at radius 1 is 0.848 bits per heavy atom. The predicted octanol–water partition coefficient (Wildman–Crippen LogP) is 7.55. The summed E-state index contributed by atoms with van der Waals surface area (Å²) in [5, 5.41) is 13.8. The number of aromatic nitrogens is 4. The molecule has 1 fully saturated rings. The maximum absolute atomic E-state index is 13.9. The van der Waals surface area contributed by atoms with Crippen molar-refractivity contribution in [1.29, 1.82) is 0 Å². The van der Waals surface area contributed by atoms with Crippen LogP contribution in [0.25, 0.3) is 22.2 Å². The van der Waals surface area contributed by atoms with Crippen molar-refractivity contribution in [3.05, 3.63) is 136 Å². The third-order valence-electron chi connectivity index (χ3n) is 8.31. The number of fused-ring (bicyclic) bond motifs is 1. The quantitative estimate of drug-likeness (QED) is 0.185. The number of hydrogen-bond acceptors (Lipinski definition) is 4. The van der Waals surface area contributed by atoms with Gasteiger partial charge < -0.3 is 14.8 Å². The normalized spacial score (nSPS) is 14.6. The van der Waals surface area contributed by atoms with E-state index >= 15 is 0 Å². The smallest absolute Gasteiger partial charge is 0.254 e. The van der Waals surface area contributed by atoms with E-state index in [0.717, 1.165) is 39.8 Å². The summed E-state index contributed by atoms with van der Waals surface area (Å²) in [5.41, 5.74) is 5.99. The molecule has 1 aliphatic rings. The zero-order valence-corrected chi connectivity index (χ0v) is 26.3. The maximum Gasteiger partial charge on any atom is 0.254 e. The molecule has 2 aromatic heterocycles. The highest BCUT2D eigenvalue weighted by Gasteiger charge is 2.35. The molecular formula is C36H30Cl2N6O2. The van der Waals surface area contributed by atoms with Gasteiger partial charge in [0, 0.05) is 44.4 Å². The van der Waals surface area contributed by atoms with Gasteiger partial charge in [0.1, 0.15) is 11.7 Å². The van der Waals surface area contributed by atoms with Gasteiger partial charge in [-0.05, 0) is 60.4 Å². The van der Waals surface area contributed by atoms with E-state index in [1.807, 2.05) is 54.7 Å². The van der Waals surface area contributed by atoms with Gasteiger partial charge in [0.2, 0.25) is 5.91 Å². The third-order valence-corrected chi connectivity index (χ3v) is 8.75. The van der Waals surface area contributed by atoms with E-state index in [0.29, 0.717) is 47.4 Å². The van der Waals surface area contributed by atoms with Crippen molar-refractivity contribution in [1.82, 2.24) is 24.5 Å². The van der Waals surface area contributed by atoms with E-state index < -0.39 is 6.04 Å². The first-order valence-electron chi connectivity index (χ1n) is 15.1. The summed E-state index contributed by atoms with van der Waals surface area (Å²) >= 11 is 12.2. The van der Waals surface area contributed by atoms with Gasteiger partial charge in [0.05, 0.1) is 19.3 Å². The Kier molecular flexibility index (Phi) is 8.30. The van der Waals surface area contributed by atoms with Gasteiger partial charge in [-0.25, -0.2) is 4.68 Å². The third kappa shape index (κ3) is 6.14. The largest absolute Gasteiger partial charge is 0.334 e. The van der Waals surface area contributed by atoms with Crippen LogP contribution in [0.4, 0.5) is 5.69 Å². The van der Waals surface area contributed by atoms with Crippen molar-refractivity contribution < 1.29 is 9.59 Å². The number of amides is 2. The molecule has 2 amide bonds. The molecule has 7 rings (SSSR count). The number of para-hydroxylation sites is 1. The van der Waals surface area contributed by atoms with E-state index in [2.05, 4.69) is 50.5 Å². The molecule has 1 N–H and O–H groups in total. The first kappa shape index (κ1) is 29.8. The van der Waals surface area contributed by atoms with E-state index in [9.17, 15) is 9.59 Å². The SMILES string of the molecule is O=C(Nc1cc(Cl)cc(Cl)c1)C1CCCN1C(=O)c1ccccc1Cn1cc(Cn2c(-c3ccccc3)cc3ccccc32)nn1. The van der Waals surface area contributed by atoms with Crippen molar-refractivity contribution in [3.8, 4) is 11.3 Å². The van der Waals surface area contributed by atoms with E-state index in [1.54, 1.807) is 33.8 Å². The Morgan fingerprint density at radius 2 is 1.59 bits per heavy atom. The van der Waals surface area contributed by atoms with Crippen molar-refractivity contribution in [3.63, 3.8) is 0 Å². The Balaban J connectivity index is 1.10. The fourth-order valence-corrected chi connectivity index (χ4v) is 6.74. The highest BCUT2D eigenvalue weighted by Crippen LogP contribution is 2.29. The number of nitrogens with one attached hydrogen (secondary N) is 1. The minimum Gasteiger partial charge on any atom is -0.334 e. The second-order valence-corrected chi connectivity index (χ2v) is 12.3. The summed E-state index contributed by atoms with van der Waals surface area (Å²) in [4.78, 5) is 28.8. The molecule has 1 atom stereocenters. The minimum atomic E-state index is -0.605. The van der Waals surface area contributed by atoms with Gasteiger partial charge >= 0.3 is 0 Å². The van der Waals surface area contributed by atoms with Crippen LogP contribution in [0.2, 0.25) is 10.0 Å². The summed E-state index contributed by atoms with van der Waals surface area (Å²) in [5.74, 6) is -0.459. The number of rotatable bonds is 8. The Labute approximate surface area is 276 Å². The number of nitrogens with zero attached hydrogens (tertiary/aromatic N) is 5. The van der Waals surface area contributed by atoms with Crippen LogP contribution in [0.3, 0.4) is 0 Å². The second kappa shape index (κ2) is 12.8. The number of carbonyl (C=O) groups is 2. The molecule has 8 nitrogen and oxygen atoms in total. The fourth-order valence-electron chi connectivity index (χ4n) is 6.21. The highest BCUT2D eigenvalue weighted by molar-refractivity contribution is 6.35. The predicted molar refractivity (Wildman–Crippen MR) is 181 cm³/mol. The summed E-state index contributed by atoms with van der Waals surface area (Å²) in [7, 11) is 0.